The third-order valence-electron chi connectivity index (χ3n) is 4.37. The summed E-state index contributed by atoms with van der Waals surface area (Å²) in [6.45, 7) is 5.98. The summed E-state index contributed by atoms with van der Waals surface area (Å²) in [6.07, 6.45) is 0. The van der Waals surface area contributed by atoms with Crippen LogP contribution in [0.4, 0.5) is 0 Å². The molecule has 0 aliphatic heterocycles. The molecule has 7 heteroatoms. The van der Waals surface area contributed by atoms with E-state index in [9.17, 15) is 0 Å². The van der Waals surface area contributed by atoms with E-state index in [-0.39, 0.29) is 0 Å². The SMILES string of the molecule is CCOc1ccc(CN(C)Cn2[nH]c(-c3ccc(C)cc3)nc2=S)cc1OC. The zero-order valence-electron chi connectivity index (χ0n) is 16.7. The fourth-order valence-corrected chi connectivity index (χ4v) is 3.18. The van der Waals surface area contributed by atoms with Crippen molar-refractivity contribution in [1.82, 2.24) is 19.7 Å². The summed E-state index contributed by atoms with van der Waals surface area (Å²) < 4.78 is 13.4. The van der Waals surface area contributed by atoms with Crippen LogP contribution < -0.4 is 9.47 Å². The Morgan fingerprint density at radius 3 is 2.57 bits per heavy atom. The van der Waals surface area contributed by atoms with Crippen LogP contribution in [0.3, 0.4) is 0 Å². The average molecular weight is 399 g/mol. The lowest BCUT2D eigenvalue weighted by molar-refractivity contribution is 0.244. The van der Waals surface area contributed by atoms with Gasteiger partial charge in [-0.2, -0.15) is 4.98 Å². The number of hydrogen-bond acceptors (Lipinski definition) is 5. The van der Waals surface area contributed by atoms with Crippen LogP contribution in [0.2, 0.25) is 0 Å². The number of benzene rings is 2. The molecule has 0 amide bonds. The molecule has 0 radical (unpaired) electrons. The summed E-state index contributed by atoms with van der Waals surface area (Å²) in [4.78, 5) is 6.64. The first-order chi connectivity index (χ1) is 13.5. The number of hydrogen-bond donors (Lipinski definition) is 1. The van der Waals surface area contributed by atoms with Crippen molar-refractivity contribution in [2.75, 3.05) is 20.8 Å². The maximum absolute atomic E-state index is 5.58. The molecule has 0 saturated carbocycles. The smallest absolute Gasteiger partial charge is 0.217 e. The highest BCUT2D eigenvalue weighted by atomic mass is 32.1. The molecule has 1 aromatic heterocycles. The van der Waals surface area contributed by atoms with Gasteiger partial charge in [-0.3, -0.25) is 10.00 Å². The predicted octanol–water partition coefficient (Wildman–Crippen LogP) is 4.41. The molecule has 0 fully saturated rings. The van der Waals surface area contributed by atoms with E-state index in [1.807, 2.05) is 49.0 Å². The van der Waals surface area contributed by atoms with Crippen molar-refractivity contribution in [3.8, 4) is 22.9 Å². The Labute approximate surface area is 170 Å². The maximum Gasteiger partial charge on any atom is 0.217 e. The van der Waals surface area contributed by atoms with Crippen LogP contribution in [-0.4, -0.2) is 40.4 Å². The van der Waals surface area contributed by atoms with Gasteiger partial charge in [0.25, 0.3) is 0 Å². The fraction of sp³-hybridized carbons (Fsp3) is 0.333. The highest BCUT2D eigenvalue weighted by Gasteiger charge is 2.10. The van der Waals surface area contributed by atoms with Gasteiger partial charge in [0.2, 0.25) is 4.77 Å². The van der Waals surface area contributed by atoms with E-state index in [2.05, 4.69) is 34.0 Å². The Kier molecular flexibility index (Phi) is 6.49. The average Bonchev–Trinajstić information content (AvgIpc) is 3.04. The quantitative estimate of drug-likeness (QED) is 0.570. The Balaban J connectivity index is 1.70. The van der Waals surface area contributed by atoms with Gasteiger partial charge in [0.05, 0.1) is 20.4 Å². The van der Waals surface area contributed by atoms with Gasteiger partial charge < -0.3 is 9.47 Å². The zero-order valence-corrected chi connectivity index (χ0v) is 17.5. The summed E-state index contributed by atoms with van der Waals surface area (Å²) in [5.74, 6) is 2.28. The zero-order chi connectivity index (χ0) is 20.1. The molecule has 0 atom stereocenters. The standard InChI is InChI=1S/C21H26N4O2S/c1-5-27-18-11-8-16(12-19(18)26-4)13-24(3)14-25-21(28)22-20(23-25)17-9-6-15(2)7-10-17/h6-12H,5,13-14H2,1-4H3,(H,22,23,28). The van der Waals surface area contributed by atoms with Gasteiger partial charge in [-0.1, -0.05) is 35.9 Å². The molecule has 28 heavy (non-hydrogen) atoms. The van der Waals surface area contributed by atoms with Gasteiger partial charge in [-0.25, -0.2) is 4.68 Å². The number of ether oxygens (including phenoxy) is 2. The lowest BCUT2D eigenvalue weighted by atomic mass is 10.1. The van der Waals surface area contributed by atoms with Gasteiger partial charge in [0, 0.05) is 12.1 Å². The lowest BCUT2D eigenvalue weighted by Gasteiger charge is -2.18. The second-order valence-electron chi connectivity index (χ2n) is 6.72. The van der Waals surface area contributed by atoms with Crippen molar-refractivity contribution in [2.45, 2.75) is 27.1 Å². The summed E-state index contributed by atoms with van der Waals surface area (Å²) in [5.41, 5.74) is 3.37. The molecule has 6 nitrogen and oxygen atoms in total. The van der Waals surface area contributed by atoms with Gasteiger partial charge in [0.1, 0.15) is 0 Å². The molecule has 0 saturated heterocycles. The Bertz CT molecular complexity index is 979. The van der Waals surface area contributed by atoms with Crippen LogP contribution in [-0.2, 0) is 13.2 Å². The van der Waals surface area contributed by atoms with Gasteiger partial charge in [-0.15, -0.1) is 0 Å². The minimum Gasteiger partial charge on any atom is -0.493 e. The summed E-state index contributed by atoms with van der Waals surface area (Å²) in [7, 11) is 3.69. The summed E-state index contributed by atoms with van der Waals surface area (Å²) >= 11 is 5.42. The molecule has 3 rings (SSSR count). The second kappa shape index (κ2) is 9.03. The van der Waals surface area contributed by atoms with Gasteiger partial charge in [-0.05, 0) is 50.8 Å². The van der Waals surface area contributed by atoms with Crippen molar-refractivity contribution in [2.24, 2.45) is 0 Å². The molecule has 0 bridgehead atoms. The molecule has 0 spiro atoms. The molecular formula is C21H26N4O2S. The molecule has 0 unspecified atom stereocenters. The van der Waals surface area contributed by atoms with Crippen molar-refractivity contribution in [3.63, 3.8) is 0 Å². The highest BCUT2D eigenvalue weighted by Crippen LogP contribution is 2.28. The number of rotatable bonds is 8. The molecular weight excluding hydrogens is 372 g/mol. The Hall–Kier alpha value is -2.64. The van der Waals surface area contributed by atoms with Crippen molar-refractivity contribution in [1.29, 1.82) is 0 Å². The van der Waals surface area contributed by atoms with Crippen LogP contribution in [0, 0.1) is 11.7 Å². The number of aryl methyl sites for hydroxylation is 1. The van der Waals surface area contributed by atoms with Crippen LogP contribution >= 0.6 is 12.2 Å². The molecule has 148 valence electrons. The topological polar surface area (TPSA) is 55.3 Å². The summed E-state index contributed by atoms with van der Waals surface area (Å²) in [5, 5.41) is 3.30. The molecule has 0 aliphatic rings. The monoisotopic (exact) mass is 398 g/mol. The van der Waals surface area contributed by atoms with Crippen molar-refractivity contribution in [3.05, 3.63) is 58.4 Å². The first-order valence-corrected chi connectivity index (χ1v) is 9.63. The number of H-pyrrole nitrogens is 1. The Morgan fingerprint density at radius 2 is 1.89 bits per heavy atom. The van der Waals surface area contributed by atoms with E-state index in [0.29, 0.717) is 18.0 Å². The fourth-order valence-electron chi connectivity index (χ4n) is 2.98. The van der Waals surface area contributed by atoms with Gasteiger partial charge in [0.15, 0.2) is 17.3 Å². The number of aromatic amines is 1. The third kappa shape index (κ3) is 4.79. The molecule has 0 aliphatic carbocycles. The number of nitrogens with zero attached hydrogens (tertiary/aromatic N) is 3. The molecule has 3 aromatic rings. The van der Waals surface area contributed by atoms with Gasteiger partial charge >= 0.3 is 0 Å². The van der Waals surface area contributed by atoms with Crippen LogP contribution in [0.25, 0.3) is 11.4 Å². The van der Waals surface area contributed by atoms with E-state index in [1.54, 1.807) is 7.11 Å². The lowest BCUT2D eigenvalue weighted by Crippen LogP contribution is -2.22. The van der Waals surface area contributed by atoms with E-state index < -0.39 is 0 Å². The second-order valence-corrected chi connectivity index (χ2v) is 7.09. The molecule has 1 heterocycles. The number of nitrogens with one attached hydrogen (secondary N) is 1. The predicted molar refractivity (Wildman–Crippen MR) is 113 cm³/mol. The highest BCUT2D eigenvalue weighted by molar-refractivity contribution is 7.71. The first-order valence-electron chi connectivity index (χ1n) is 9.22. The Morgan fingerprint density at radius 1 is 1.14 bits per heavy atom. The van der Waals surface area contributed by atoms with E-state index in [4.69, 9.17) is 21.7 Å². The normalized spacial score (nSPS) is 11.0. The van der Waals surface area contributed by atoms with Crippen LogP contribution in [0.15, 0.2) is 42.5 Å². The molecule has 2 aromatic carbocycles. The van der Waals surface area contributed by atoms with E-state index >= 15 is 0 Å². The number of methoxy groups -OCH3 is 1. The maximum atomic E-state index is 5.58. The van der Waals surface area contributed by atoms with E-state index in [1.165, 1.54) is 5.56 Å². The largest absolute Gasteiger partial charge is 0.493 e. The minimum atomic E-state index is 0.534. The summed E-state index contributed by atoms with van der Waals surface area (Å²) in [6, 6.07) is 14.2. The van der Waals surface area contributed by atoms with Crippen LogP contribution in [0.5, 0.6) is 11.5 Å². The number of aromatic nitrogens is 3. The van der Waals surface area contributed by atoms with Crippen molar-refractivity contribution >= 4 is 12.2 Å². The molecule has 1 N–H and O–H groups in total. The first kappa shape index (κ1) is 20.1. The van der Waals surface area contributed by atoms with Crippen LogP contribution in [0.1, 0.15) is 18.1 Å². The minimum absolute atomic E-state index is 0.534. The van der Waals surface area contributed by atoms with E-state index in [0.717, 1.165) is 35.0 Å². The third-order valence-corrected chi connectivity index (χ3v) is 4.68. The van der Waals surface area contributed by atoms with Crippen molar-refractivity contribution < 1.29 is 9.47 Å².